The summed E-state index contributed by atoms with van der Waals surface area (Å²) in [5.41, 5.74) is -0.863. The second kappa shape index (κ2) is 3.76. The van der Waals surface area contributed by atoms with Gasteiger partial charge in [0.25, 0.3) is 0 Å². The van der Waals surface area contributed by atoms with Crippen LogP contribution >= 0.6 is 0 Å². The monoisotopic (exact) mass is 172 g/mol. The van der Waals surface area contributed by atoms with Gasteiger partial charge in [-0.1, -0.05) is 26.7 Å². The van der Waals surface area contributed by atoms with E-state index in [1.807, 2.05) is 0 Å². The van der Waals surface area contributed by atoms with Gasteiger partial charge in [0.05, 0.1) is 0 Å². The molecule has 0 bridgehead atoms. The van der Waals surface area contributed by atoms with Crippen LogP contribution in [0.15, 0.2) is 0 Å². The van der Waals surface area contributed by atoms with E-state index in [9.17, 15) is 4.39 Å². The van der Waals surface area contributed by atoms with Crippen LogP contribution in [0.3, 0.4) is 0 Å². The first-order valence-electron chi connectivity index (χ1n) is 5.18. The van der Waals surface area contributed by atoms with Gasteiger partial charge in [0.1, 0.15) is 5.67 Å². The Bertz CT molecular complexity index is 138. The lowest BCUT2D eigenvalue weighted by Gasteiger charge is -2.32. The molecular formula is C11H21F. The van der Waals surface area contributed by atoms with Gasteiger partial charge in [-0.15, -0.1) is 0 Å². The summed E-state index contributed by atoms with van der Waals surface area (Å²) in [6, 6.07) is 0. The van der Waals surface area contributed by atoms with E-state index >= 15 is 0 Å². The van der Waals surface area contributed by atoms with E-state index in [1.54, 1.807) is 6.92 Å². The Morgan fingerprint density at radius 1 is 1.50 bits per heavy atom. The highest BCUT2D eigenvalue weighted by molar-refractivity contribution is 4.83. The standard InChI is InChI=1S/C11H21F/c1-9(2)7-10-5-4-6-11(3,12)8-10/h9-10H,4-8H2,1-3H3. The van der Waals surface area contributed by atoms with Crippen LogP contribution < -0.4 is 0 Å². The molecular weight excluding hydrogens is 151 g/mol. The number of hydrogen-bond acceptors (Lipinski definition) is 0. The van der Waals surface area contributed by atoms with Crippen molar-refractivity contribution in [2.24, 2.45) is 11.8 Å². The largest absolute Gasteiger partial charge is 0.244 e. The predicted molar refractivity (Wildman–Crippen MR) is 50.9 cm³/mol. The van der Waals surface area contributed by atoms with E-state index in [0.29, 0.717) is 5.92 Å². The molecule has 0 amide bonds. The minimum Gasteiger partial charge on any atom is -0.244 e. The third kappa shape index (κ3) is 3.12. The second-order valence-corrected chi connectivity index (χ2v) is 5.01. The number of alkyl halides is 1. The quantitative estimate of drug-likeness (QED) is 0.591. The zero-order valence-corrected chi connectivity index (χ0v) is 8.57. The van der Waals surface area contributed by atoms with Gasteiger partial charge in [-0.05, 0) is 38.0 Å². The fourth-order valence-electron chi connectivity index (χ4n) is 2.43. The Labute approximate surface area is 75.5 Å². The summed E-state index contributed by atoms with van der Waals surface area (Å²) in [4.78, 5) is 0. The molecule has 1 aliphatic rings. The predicted octanol–water partition coefficient (Wildman–Crippen LogP) is 3.95. The van der Waals surface area contributed by atoms with Crippen LogP contribution in [-0.4, -0.2) is 5.67 Å². The van der Waals surface area contributed by atoms with Gasteiger partial charge >= 0.3 is 0 Å². The van der Waals surface area contributed by atoms with E-state index in [2.05, 4.69) is 13.8 Å². The molecule has 0 saturated heterocycles. The summed E-state index contributed by atoms with van der Waals surface area (Å²) in [7, 11) is 0. The van der Waals surface area contributed by atoms with Crippen LogP contribution in [0, 0.1) is 11.8 Å². The molecule has 1 rings (SSSR count). The van der Waals surface area contributed by atoms with Crippen LogP contribution in [0.2, 0.25) is 0 Å². The summed E-state index contributed by atoms with van der Waals surface area (Å²) in [6.45, 7) is 6.22. The van der Waals surface area contributed by atoms with Crippen molar-refractivity contribution in [1.82, 2.24) is 0 Å². The normalized spacial score (nSPS) is 37.2. The van der Waals surface area contributed by atoms with Gasteiger partial charge in [0.2, 0.25) is 0 Å². The maximum Gasteiger partial charge on any atom is 0.108 e. The van der Waals surface area contributed by atoms with Crippen molar-refractivity contribution in [1.29, 1.82) is 0 Å². The molecule has 0 spiro atoms. The third-order valence-corrected chi connectivity index (χ3v) is 2.83. The maximum atomic E-state index is 13.6. The molecule has 12 heavy (non-hydrogen) atoms. The van der Waals surface area contributed by atoms with Crippen LogP contribution in [0.5, 0.6) is 0 Å². The minimum absolute atomic E-state index is 0.647. The number of hydrogen-bond donors (Lipinski definition) is 0. The van der Waals surface area contributed by atoms with E-state index in [1.165, 1.54) is 12.8 Å². The molecule has 0 nitrogen and oxygen atoms in total. The lowest BCUT2D eigenvalue weighted by Crippen LogP contribution is -2.27. The summed E-state index contributed by atoms with van der Waals surface area (Å²) in [5.74, 6) is 1.37. The van der Waals surface area contributed by atoms with Crippen LogP contribution in [0.1, 0.15) is 52.9 Å². The SMILES string of the molecule is CC(C)CC1CCCC(C)(F)C1. The van der Waals surface area contributed by atoms with E-state index in [4.69, 9.17) is 0 Å². The van der Waals surface area contributed by atoms with Crippen molar-refractivity contribution in [2.45, 2.75) is 58.5 Å². The lowest BCUT2D eigenvalue weighted by molar-refractivity contribution is 0.0864. The average molecular weight is 172 g/mol. The van der Waals surface area contributed by atoms with Crippen molar-refractivity contribution < 1.29 is 4.39 Å². The summed E-state index contributed by atoms with van der Waals surface area (Å²) in [5, 5.41) is 0. The molecule has 2 atom stereocenters. The van der Waals surface area contributed by atoms with Crippen molar-refractivity contribution in [3.63, 3.8) is 0 Å². The summed E-state index contributed by atoms with van der Waals surface area (Å²) < 4.78 is 13.6. The number of rotatable bonds is 2. The first kappa shape index (κ1) is 10.0. The maximum absolute atomic E-state index is 13.6. The van der Waals surface area contributed by atoms with Gasteiger partial charge in [0, 0.05) is 0 Å². The lowest BCUT2D eigenvalue weighted by atomic mass is 9.77. The average Bonchev–Trinajstić information content (AvgIpc) is 1.82. The number of halogens is 1. The molecule has 0 N–H and O–H groups in total. The molecule has 0 aromatic rings. The Hall–Kier alpha value is -0.0700. The molecule has 72 valence electrons. The van der Waals surface area contributed by atoms with E-state index < -0.39 is 5.67 Å². The zero-order valence-electron chi connectivity index (χ0n) is 8.57. The molecule has 0 aromatic carbocycles. The molecule has 0 aliphatic heterocycles. The Kier molecular flexibility index (Phi) is 3.14. The van der Waals surface area contributed by atoms with Crippen molar-refractivity contribution >= 4 is 0 Å². The Morgan fingerprint density at radius 2 is 2.17 bits per heavy atom. The molecule has 1 saturated carbocycles. The molecule has 0 radical (unpaired) electrons. The molecule has 1 aliphatic carbocycles. The molecule has 1 heteroatoms. The van der Waals surface area contributed by atoms with Crippen LogP contribution in [0.4, 0.5) is 4.39 Å². The zero-order chi connectivity index (χ0) is 9.19. The first-order valence-corrected chi connectivity index (χ1v) is 5.18. The highest BCUT2D eigenvalue weighted by atomic mass is 19.1. The Morgan fingerprint density at radius 3 is 2.67 bits per heavy atom. The van der Waals surface area contributed by atoms with Crippen molar-refractivity contribution in [3.05, 3.63) is 0 Å². The van der Waals surface area contributed by atoms with Gasteiger partial charge in [0.15, 0.2) is 0 Å². The smallest absolute Gasteiger partial charge is 0.108 e. The van der Waals surface area contributed by atoms with Crippen molar-refractivity contribution in [3.8, 4) is 0 Å². The molecule has 2 unspecified atom stereocenters. The molecule has 0 heterocycles. The third-order valence-electron chi connectivity index (χ3n) is 2.83. The van der Waals surface area contributed by atoms with Crippen LogP contribution in [0.25, 0.3) is 0 Å². The fourth-order valence-corrected chi connectivity index (χ4v) is 2.43. The Balaban J connectivity index is 2.36. The van der Waals surface area contributed by atoms with Gasteiger partial charge in [-0.25, -0.2) is 4.39 Å². The fraction of sp³-hybridized carbons (Fsp3) is 1.00. The summed E-state index contributed by atoms with van der Waals surface area (Å²) >= 11 is 0. The van der Waals surface area contributed by atoms with Gasteiger partial charge in [-0.2, -0.15) is 0 Å². The highest BCUT2D eigenvalue weighted by Gasteiger charge is 2.31. The topological polar surface area (TPSA) is 0 Å². The first-order chi connectivity index (χ1) is 5.49. The van der Waals surface area contributed by atoms with Crippen molar-refractivity contribution in [2.75, 3.05) is 0 Å². The molecule has 1 fully saturated rings. The highest BCUT2D eigenvalue weighted by Crippen LogP contribution is 2.37. The van der Waals surface area contributed by atoms with Gasteiger partial charge in [-0.3, -0.25) is 0 Å². The van der Waals surface area contributed by atoms with Crippen LogP contribution in [-0.2, 0) is 0 Å². The van der Waals surface area contributed by atoms with E-state index in [0.717, 1.165) is 25.2 Å². The second-order valence-electron chi connectivity index (χ2n) is 5.01. The molecule has 0 aromatic heterocycles. The minimum atomic E-state index is -0.863. The van der Waals surface area contributed by atoms with Gasteiger partial charge < -0.3 is 0 Å². The van der Waals surface area contributed by atoms with E-state index in [-0.39, 0.29) is 0 Å². The summed E-state index contributed by atoms with van der Waals surface area (Å²) in [6.07, 6.45) is 5.12.